The van der Waals surface area contributed by atoms with Gasteiger partial charge in [-0.1, -0.05) is 20.8 Å². The lowest BCUT2D eigenvalue weighted by molar-refractivity contribution is -0.137. The molecule has 3 N–H and O–H groups in total. The van der Waals surface area contributed by atoms with Gasteiger partial charge in [0, 0.05) is 12.6 Å². The summed E-state index contributed by atoms with van der Waals surface area (Å²) in [5.41, 5.74) is -0.209. The molecule has 0 aliphatic heterocycles. The molecule has 118 valence electrons. The van der Waals surface area contributed by atoms with Crippen LogP contribution in [0.2, 0.25) is 0 Å². The predicted octanol–water partition coefficient (Wildman–Crippen LogP) is 2.52. The van der Waals surface area contributed by atoms with Crippen molar-refractivity contribution in [2.75, 3.05) is 6.54 Å². The van der Waals surface area contributed by atoms with E-state index in [0.717, 1.165) is 0 Å². The third-order valence-electron chi connectivity index (χ3n) is 2.31. The van der Waals surface area contributed by atoms with Crippen LogP contribution in [0.15, 0.2) is 0 Å². The van der Waals surface area contributed by atoms with Gasteiger partial charge in [0.1, 0.15) is 0 Å². The quantitative estimate of drug-likeness (QED) is 0.705. The van der Waals surface area contributed by atoms with Crippen molar-refractivity contribution in [3.63, 3.8) is 0 Å². The lowest BCUT2D eigenvalue weighted by Gasteiger charge is -2.25. The molecular weight excluding hydrogens is 277 g/mol. The molecule has 0 aromatic rings. The zero-order chi connectivity index (χ0) is 16.0. The summed E-state index contributed by atoms with van der Waals surface area (Å²) in [6.45, 7) is 5.10. The Labute approximate surface area is 115 Å². The fraction of sp³-hybridized carbons (Fsp3) is 0.833. The first kappa shape index (κ1) is 18.5. The second kappa shape index (κ2) is 7.35. The number of carboxylic acid groups (broad SMARTS) is 1. The van der Waals surface area contributed by atoms with Gasteiger partial charge >= 0.3 is 18.2 Å². The fourth-order valence-corrected chi connectivity index (χ4v) is 1.68. The topological polar surface area (TPSA) is 78.4 Å². The van der Waals surface area contributed by atoms with Gasteiger partial charge in [0.2, 0.25) is 0 Å². The highest BCUT2D eigenvalue weighted by atomic mass is 19.4. The lowest BCUT2D eigenvalue weighted by atomic mass is 9.87. The third-order valence-corrected chi connectivity index (χ3v) is 2.31. The molecule has 0 aromatic carbocycles. The zero-order valence-electron chi connectivity index (χ0n) is 11.8. The van der Waals surface area contributed by atoms with Crippen molar-refractivity contribution >= 4 is 12.0 Å². The Kier molecular flexibility index (Phi) is 6.81. The molecule has 0 aromatic heterocycles. The number of aliphatic carboxylic acids is 1. The Morgan fingerprint density at radius 2 is 1.75 bits per heavy atom. The van der Waals surface area contributed by atoms with Crippen LogP contribution >= 0.6 is 0 Å². The summed E-state index contributed by atoms with van der Waals surface area (Å²) in [7, 11) is 0. The maximum atomic E-state index is 11.9. The molecule has 0 saturated heterocycles. The minimum atomic E-state index is -4.33. The third kappa shape index (κ3) is 11.6. The number of alkyl halides is 3. The Balaban J connectivity index is 4.28. The van der Waals surface area contributed by atoms with E-state index in [9.17, 15) is 22.8 Å². The van der Waals surface area contributed by atoms with E-state index in [2.05, 4.69) is 10.6 Å². The standard InChI is InChI=1S/C12H21F3N2O3/c1-11(2,3)7-8(6-9(18)19)17-10(20)16-5-4-12(13,14)15/h8H,4-7H2,1-3H3,(H,18,19)(H2,16,17,20). The van der Waals surface area contributed by atoms with Gasteiger partial charge in [-0.3, -0.25) is 4.79 Å². The average molecular weight is 298 g/mol. The minimum Gasteiger partial charge on any atom is -0.481 e. The van der Waals surface area contributed by atoms with E-state index in [1.807, 2.05) is 20.8 Å². The zero-order valence-corrected chi connectivity index (χ0v) is 11.8. The normalized spacial score (nSPS) is 13.7. The molecule has 5 nitrogen and oxygen atoms in total. The van der Waals surface area contributed by atoms with Crippen molar-refractivity contribution < 1.29 is 27.9 Å². The maximum Gasteiger partial charge on any atom is 0.390 e. The molecule has 20 heavy (non-hydrogen) atoms. The van der Waals surface area contributed by atoms with Crippen LogP contribution < -0.4 is 10.6 Å². The number of urea groups is 1. The minimum absolute atomic E-state index is 0.209. The number of carboxylic acids is 1. The molecule has 1 atom stereocenters. The molecule has 0 saturated carbocycles. The van der Waals surface area contributed by atoms with Crippen LogP contribution in [0.5, 0.6) is 0 Å². The Hall–Kier alpha value is -1.47. The van der Waals surface area contributed by atoms with Gasteiger partial charge in [-0.05, 0) is 11.8 Å². The average Bonchev–Trinajstić information content (AvgIpc) is 2.10. The second-order valence-corrected chi connectivity index (χ2v) is 5.82. The molecule has 0 bridgehead atoms. The van der Waals surface area contributed by atoms with Crippen LogP contribution in [-0.2, 0) is 4.79 Å². The van der Waals surface area contributed by atoms with Crippen LogP contribution in [0.1, 0.15) is 40.0 Å². The van der Waals surface area contributed by atoms with Gasteiger partial charge in [-0.25, -0.2) is 4.79 Å². The number of carbonyl (C=O) groups is 2. The van der Waals surface area contributed by atoms with Crippen LogP contribution in [0.25, 0.3) is 0 Å². The number of rotatable bonds is 6. The highest BCUT2D eigenvalue weighted by molar-refractivity contribution is 5.75. The molecule has 0 radical (unpaired) electrons. The van der Waals surface area contributed by atoms with Crippen LogP contribution in [-0.4, -0.2) is 35.9 Å². The number of hydrogen-bond acceptors (Lipinski definition) is 2. The molecule has 0 heterocycles. The summed E-state index contributed by atoms with van der Waals surface area (Å²) < 4.78 is 35.7. The van der Waals surface area contributed by atoms with Crippen LogP contribution in [0.4, 0.5) is 18.0 Å². The molecule has 0 rings (SSSR count). The monoisotopic (exact) mass is 298 g/mol. The van der Waals surface area contributed by atoms with Gasteiger partial charge in [0.15, 0.2) is 0 Å². The summed E-state index contributed by atoms with van der Waals surface area (Å²) in [6, 6.07) is -1.41. The van der Waals surface area contributed by atoms with Gasteiger partial charge < -0.3 is 15.7 Å². The maximum absolute atomic E-state index is 11.9. The highest BCUT2D eigenvalue weighted by Crippen LogP contribution is 2.22. The first-order valence-electron chi connectivity index (χ1n) is 6.22. The molecular formula is C12H21F3N2O3. The Bertz CT molecular complexity index is 338. The summed E-state index contributed by atoms with van der Waals surface area (Å²) in [6.07, 6.45) is -5.32. The first-order chi connectivity index (χ1) is 8.89. The lowest BCUT2D eigenvalue weighted by Crippen LogP contribution is -2.45. The molecule has 0 aliphatic rings. The Morgan fingerprint density at radius 3 is 2.15 bits per heavy atom. The number of nitrogens with one attached hydrogen (secondary N) is 2. The number of carbonyl (C=O) groups excluding carboxylic acids is 1. The summed E-state index contributed by atoms with van der Waals surface area (Å²) >= 11 is 0. The smallest absolute Gasteiger partial charge is 0.390 e. The summed E-state index contributed by atoms with van der Waals surface area (Å²) in [4.78, 5) is 22.1. The largest absolute Gasteiger partial charge is 0.481 e. The van der Waals surface area contributed by atoms with Crippen LogP contribution in [0.3, 0.4) is 0 Å². The van der Waals surface area contributed by atoms with Crippen molar-refractivity contribution in [1.82, 2.24) is 10.6 Å². The number of amides is 2. The van der Waals surface area contributed by atoms with Crippen molar-refractivity contribution in [2.24, 2.45) is 5.41 Å². The number of halogens is 3. The molecule has 0 spiro atoms. The van der Waals surface area contributed by atoms with E-state index < -0.39 is 37.2 Å². The first-order valence-corrected chi connectivity index (χ1v) is 6.22. The van der Waals surface area contributed by atoms with Gasteiger partial charge in [-0.2, -0.15) is 13.2 Å². The summed E-state index contributed by atoms with van der Waals surface area (Å²) in [5.74, 6) is -1.07. The van der Waals surface area contributed by atoms with E-state index in [-0.39, 0.29) is 11.8 Å². The van der Waals surface area contributed by atoms with Gasteiger partial charge in [0.25, 0.3) is 0 Å². The second-order valence-electron chi connectivity index (χ2n) is 5.82. The molecule has 1 unspecified atom stereocenters. The fourth-order valence-electron chi connectivity index (χ4n) is 1.68. The highest BCUT2D eigenvalue weighted by Gasteiger charge is 2.27. The van der Waals surface area contributed by atoms with Gasteiger partial charge in [0.05, 0.1) is 12.8 Å². The number of hydrogen-bond donors (Lipinski definition) is 3. The van der Waals surface area contributed by atoms with Crippen molar-refractivity contribution in [1.29, 1.82) is 0 Å². The van der Waals surface area contributed by atoms with E-state index >= 15 is 0 Å². The van der Waals surface area contributed by atoms with Crippen molar-refractivity contribution in [3.8, 4) is 0 Å². The molecule has 0 aliphatic carbocycles. The molecule has 8 heteroatoms. The SMILES string of the molecule is CC(C)(C)CC(CC(=O)O)NC(=O)NCCC(F)(F)F. The molecule has 0 fully saturated rings. The van der Waals surface area contributed by atoms with Crippen molar-refractivity contribution in [2.45, 2.75) is 52.3 Å². The summed E-state index contributed by atoms with van der Waals surface area (Å²) in [5, 5.41) is 13.2. The van der Waals surface area contributed by atoms with E-state index in [1.54, 1.807) is 0 Å². The van der Waals surface area contributed by atoms with Crippen LogP contribution in [0, 0.1) is 5.41 Å². The Morgan fingerprint density at radius 1 is 1.20 bits per heavy atom. The van der Waals surface area contributed by atoms with E-state index in [4.69, 9.17) is 5.11 Å². The van der Waals surface area contributed by atoms with E-state index in [0.29, 0.717) is 6.42 Å². The van der Waals surface area contributed by atoms with Crippen molar-refractivity contribution in [3.05, 3.63) is 0 Å². The van der Waals surface area contributed by atoms with E-state index in [1.165, 1.54) is 0 Å². The molecule has 2 amide bonds. The van der Waals surface area contributed by atoms with Gasteiger partial charge in [-0.15, -0.1) is 0 Å². The predicted molar refractivity (Wildman–Crippen MR) is 67.3 cm³/mol.